The Labute approximate surface area is 619 Å². The average Bonchev–Trinajstić information content (AvgIpc) is 0.948. The van der Waals surface area contributed by atoms with Crippen molar-refractivity contribution in [2.75, 3.05) is 39.6 Å². The van der Waals surface area contributed by atoms with E-state index in [1.54, 1.807) is 0 Å². The van der Waals surface area contributed by atoms with Crippen LogP contribution in [0.2, 0.25) is 0 Å². The summed E-state index contributed by atoms with van der Waals surface area (Å²) in [5, 5.41) is 10.6. The molecule has 0 bridgehead atoms. The molecule has 5 atom stereocenters. The highest BCUT2D eigenvalue weighted by atomic mass is 31.2. The van der Waals surface area contributed by atoms with Gasteiger partial charge in [0.2, 0.25) is 0 Å². The number of ether oxygens (including phenoxy) is 4. The van der Waals surface area contributed by atoms with Gasteiger partial charge in [0.1, 0.15) is 19.3 Å². The predicted molar refractivity (Wildman–Crippen MR) is 414 cm³/mol. The minimum atomic E-state index is -4.96. The van der Waals surface area contributed by atoms with Crippen LogP contribution in [-0.2, 0) is 65.4 Å². The summed E-state index contributed by atoms with van der Waals surface area (Å²) in [4.78, 5) is 73.1. The highest BCUT2D eigenvalue weighted by Gasteiger charge is 2.30. The minimum Gasteiger partial charge on any atom is -0.462 e. The van der Waals surface area contributed by atoms with Crippen molar-refractivity contribution in [1.29, 1.82) is 0 Å². The van der Waals surface area contributed by atoms with Crippen molar-refractivity contribution in [3.8, 4) is 0 Å². The smallest absolute Gasteiger partial charge is 0.462 e. The highest BCUT2D eigenvalue weighted by Crippen LogP contribution is 2.45. The number of unbranched alkanes of at least 4 members (excludes halogenated alkanes) is 51. The van der Waals surface area contributed by atoms with Crippen LogP contribution in [0.5, 0.6) is 0 Å². The molecule has 600 valence electrons. The Hall–Kier alpha value is -1.94. The SMILES string of the molecule is CCCCCCCCCCCCCCCCCCCCCCCCC(=O)O[C@H](COC(=O)CCCCCCCCCCCCCC(C)C)COP(=O)(O)OC[C@@H](O)COP(=O)(O)OC[C@@H](COC(=O)CCCCCCCCCCCC(C)C)OC(=O)CCCCCCCCCCCCCCC. The molecule has 0 saturated carbocycles. The van der Waals surface area contributed by atoms with Gasteiger partial charge in [0.05, 0.1) is 26.4 Å². The molecule has 0 heterocycles. The Morgan fingerprint density at radius 3 is 0.673 bits per heavy atom. The van der Waals surface area contributed by atoms with Gasteiger partial charge in [-0.3, -0.25) is 37.3 Å². The monoisotopic (exact) mass is 1480 g/mol. The van der Waals surface area contributed by atoms with E-state index in [0.29, 0.717) is 25.7 Å². The van der Waals surface area contributed by atoms with E-state index >= 15 is 0 Å². The molecular weight excluding hydrogens is 1320 g/mol. The Kier molecular flexibility index (Phi) is 72.2. The average molecular weight is 1480 g/mol. The van der Waals surface area contributed by atoms with Crippen LogP contribution >= 0.6 is 15.6 Å². The lowest BCUT2D eigenvalue weighted by Crippen LogP contribution is -2.30. The molecular formula is C82H160O17P2. The maximum Gasteiger partial charge on any atom is 0.472 e. The molecule has 17 nitrogen and oxygen atoms in total. The zero-order valence-electron chi connectivity index (χ0n) is 66.2. The Morgan fingerprint density at radius 2 is 0.455 bits per heavy atom. The van der Waals surface area contributed by atoms with Gasteiger partial charge in [-0.2, -0.15) is 0 Å². The lowest BCUT2D eigenvalue weighted by Gasteiger charge is -2.21. The molecule has 0 aliphatic heterocycles. The summed E-state index contributed by atoms with van der Waals surface area (Å²) in [5.74, 6) is -0.593. The van der Waals surface area contributed by atoms with Gasteiger partial charge in [-0.1, -0.05) is 382 Å². The molecule has 0 fully saturated rings. The van der Waals surface area contributed by atoms with E-state index in [0.717, 1.165) is 102 Å². The van der Waals surface area contributed by atoms with Gasteiger partial charge in [-0.25, -0.2) is 9.13 Å². The van der Waals surface area contributed by atoms with Crippen LogP contribution in [0, 0.1) is 11.8 Å². The molecule has 101 heavy (non-hydrogen) atoms. The lowest BCUT2D eigenvalue weighted by atomic mass is 10.0. The normalized spacial score (nSPS) is 13.9. The van der Waals surface area contributed by atoms with Crippen molar-refractivity contribution in [2.24, 2.45) is 11.8 Å². The first-order chi connectivity index (χ1) is 48.9. The van der Waals surface area contributed by atoms with E-state index in [2.05, 4.69) is 41.5 Å². The van der Waals surface area contributed by atoms with Gasteiger partial charge < -0.3 is 33.8 Å². The molecule has 3 N–H and O–H groups in total. The number of aliphatic hydroxyl groups excluding tert-OH is 1. The Morgan fingerprint density at radius 1 is 0.267 bits per heavy atom. The maximum atomic E-state index is 13.1. The number of phosphoric ester groups is 2. The lowest BCUT2D eigenvalue weighted by molar-refractivity contribution is -0.161. The number of phosphoric acid groups is 2. The fourth-order valence-electron chi connectivity index (χ4n) is 12.7. The fraction of sp³-hybridized carbons (Fsp3) is 0.951. The molecule has 0 aliphatic carbocycles. The quantitative estimate of drug-likeness (QED) is 0.0222. The second-order valence-corrected chi connectivity index (χ2v) is 33.4. The van der Waals surface area contributed by atoms with Crippen LogP contribution in [-0.4, -0.2) is 96.7 Å². The maximum absolute atomic E-state index is 13.1. The molecule has 0 aromatic carbocycles. The van der Waals surface area contributed by atoms with Crippen LogP contribution in [0.4, 0.5) is 0 Å². The van der Waals surface area contributed by atoms with Gasteiger partial charge in [0.15, 0.2) is 12.2 Å². The summed E-state index contributed by atoms with van der Waals surface area (Å²) in [5.41, 5.74) is 0. The minimum absolute atomic E-state index is 0.107. The first-order valence-electron chi connectivity index (χ1n) is 42.5. The molecule has 2 unspecified atom stereocenters. The summed E-state index contributed by atoms with van der Waals surface area (Å²) in [6.07, 6.45) is 63.9. The van der Waals surface area contributed by atoms with Gasteiger partial charge in [-0.15, -0.1) is 0 Å². The predicted octanol–water partition coefficient (Wildman–Crippen LogP) is 24.7. The van der Waals surface area contributed by atoms with E-state index in [9.17, 15) is 43.2 Å². The van der Waals surface area contributed by atoms with Crippen molar-refractivity contribution in [3.05, 3.63) is 0 Å². The van der Waals surface area contributed by atoms with E-state index in [1.165, 1.54) is 250 Å². The summed E-state index contributed by atoms with van der Waals surface area (Å²) >= 11 is 0. The van der Waals surface area contributed by atoms with E-state index < -0.39 is 97.5 Å². The fourth-order valence-corrected chi connectivity index (χ4v) is 14.3. The molecule has 19 heteroatoms. The number of rotatable bonds is 81. The number of carbonyl (C=O) groups excluding carboxylic acids is 4. The molecule has 0 aromatic rings. The molecule has 0 radical (unpaired) electrons. The Balaban J connectivity index is 5.22. The molecule has 0 saturated heterocycles. The highest BCUT2D eigenvalue weighted by molar-refractivity contribution is 7.47. The molecule has 0 amide bonds. The summed E-state index contributed by atoms with van der Waals surface area (Å²) in [7, 11) is -9.92. The second kappa shape index (κ2) is 73.6. The van der Waals surface area contributed by atoms with Crippen LogP contribution in [0.3, 0.4) is 0 Å². The van der Waals surface area contributed by atoms with Gasteiger partial charge >= 0.3 is 39.5 Å². The summed E-state index contributed by atoms with van der Waals surface area (Å²) < 4.78 is 68.7. The molecule has 0 spiro atoms. The van der Waals surface area contributed by atoms with Crippen molar-refractivity contribution < 1.29 is 80.2 Å². The van der Waals surface area contributed by atoms with Gasteiger partial charge in [-0.05, 0) is 37.5 Å². The van der Waals surface area contributed by atoms with Crippen molar-refractivity contribution in [1.82, 2.24) is 0 Å². The first kappa shape index (κ1) is 99.1. The van der Waals surface area contributed by atoms with E-state index in [4.69, 9.17) is 37.0 Å². The van der Waals surface area contributed by atoms with Gasteiger partial charge in [0.25, 0.3) is 0 Å². The van der Waals surface area contributed by atoms with E-state index in [-0.39, 0.29) is 25.7 Å². The topological polar surface area (TPSA) is 237 Å². The van der Waals surface area contributed by atoms with Crippen LogP contribution < -0.4 is 0 Å². The number of carbonyl (C=O) groups is 4. The van der Waals surface area contributed by atoms with Crippen LogP contribution in [0.1, 0.15) is 433 Å². The van der Waals surface area contributed by atoms with E-state index in [1.807, 2.05) is 0 Å². The van der Waals surface area contributed by atoms with Crippen LogP contribution in [0.25, 0.3) is 0 Å². The third-order valence-corrected chi connectivity index (χ3v) is 21.1. The molecule has 0 aromatic heterocycles. The summed E-state index contributed by atoms with van der Waals surface area (Å²) in [6.45, 7) is 9.62. The molecule has 0 rings (SSSR count). The van der Waals surface area contributed by atoms with Crippen molar-refractivity contribution >= 4 is 39.5 Å². The third-order valence-electron chi connectivity index (χ3n) is 19.2. The van der Waals surface area contributed by atoms with Crippen LogP contribution in [0.15, 0.2) is 0 Å². The number of hydrogen-bond donors (Lipinski definition) is 3. The van der Waals surface area contributed by atoms with Gasteiger partial charge in [0, 0.05) is 25.7 Å². The molecule has 0 aliphatic rings. The third kappa shape index (κ3) is 76.1. The number of aliphatic hydroxyl groups is 1. The second-order valence-electron chi connectivity index (χ2n) is 30.5. The zero-order chi connectivity index (χ0) is 74.2. The largest absolute Gasteiger partial charge is 0.472 e. The standard InChI is InChI=1S/C82H160O17P2/c1-7-9-11-13-15-17-19-21-22-23-24-25-26-27-28-29-31-35-42-49-55-61-67-82(87)98-77(70-92-79(84)64-58-52-46-40-36-32-33-38-44-50-56-62-74(3)4)72-96-100(88,89)94-68-76(83)69-95-101(90,91)97-73-78(71-93-80(85)65-59-53-47-43-37-39-45-51-57-63-75(5)6)99-81(86)66-60-54-48-41-34-30-20-18-16-14-12-10-8-2/h74-78,83H,7-73H2,1-6H3,(H,88,89)(H,90,91)/t76-,77-,78-/m1/s1. The number of esters is 4. The number of hydrogen-bond acceptors (Lipinski definition) is 15. The van der Waals surface area contributed by atoms with Crippen molar-refractivity contribution in [3.63, 3.8) is 0 Å². The zero-order valence-corrected chi connectivity index (χ0v) is 68.0. The first-order valence-corrected chi connectivity index (χ1v) is 45.5. The summed E-state index contributed by atoms with van der Waals surface area (Å²) in [6, 6.07) is 0. The van der Waals surface area contributed by atoms with Crippen molar-refractivity contribution in [2.45, 2.75) is 452 Å². The Bertz CT molecular complexity index is 1940.